The van der Waals surface area contributed by atoms with Crippen molar-refractivity contribution >= 4 is 5.97 Å². The summed E-state index contributed by atoms with van der Waals surface area (Å²) < 4.78 is 10.4. The summed E-state index contributed by atoms with van der Waals surface area (Å²) in [7, 11) is 1.47. The van der Waals surface area contributed by atoms with Crippen molar-refractivity contribution in [3.63, 3.8) is 0 Å². The van der Waals surface area contributed by atoms with Gasteiger partial charge in [0, 0.05) is 19.5 Å². The number of benzene rings is 1. The van der Waals surface area contributed by atoms with Gasteiger partial charge in [0.1, 0.15) is 5.54 Å². The van der Waals surface area contributed by atoms with E-state index in [9.17, 15) is 15.0 Å². The van der Waals surface area contributed by atoms with E-state index >= 15 is 0 Å². The minimum atomic E-state index is -1.01. The number of phenolic OH excluding ortho intramolecular Hbond substituents is 1. The van der Waals surface area contributed by atoms with E-state index in [1.54, 1.807) is 19.1 Å². The minimum Gasteiger partial charge on any atom is -0.504 e. The maximum atomic E-state index is 11.8. The lowest BCUT2D eigenvalue weighted by molar-refractivity contribution is -0.153. The van der Waals surface area contributed by atoms with Crippen molar-refractivity contribution in [2.24, 2.45) is 0 Å². The van der Waals surface area contributed by atoms with Gasteiger partial charge in [-0.1, -0.05) is 6.07 Å². The van der Waals surface area contributed by atoms with Gasteiger partial charge in [0.2, 0.25) is 0 Å². The highest BCUT2D eigenvalue weighted by Gasteiger charge is 2.40. The number of carboxylic acids is 1. The first kappa shape index (κ1) is 15.6. The monoisotopic (exact) mass is 295 g/mol. The Labute approximate surface area is 123 Å². The first-order valence-corrected chi connectivity index (χ1v) is 6.89. The maximum absolute atomic E-state index is 11.8. The third kappa shape index (κ3) is 3.28. The Morgan fingerprint density at radius 1 is 1.43 bits per heavy atom. The van der Waals surface area contributed by atoms with Crippen molar-refractivity contribution in [1.29, 1.82) is 0 Å². The van der Waals surface area contributed by atoms with E-state index in [1.165, 1.54) is 13.2 Å². The number of ether oxygens (including phenoxy) is 2. The van der Waals surface area contributed by atoms with E-state index in [1.807, 2.05) is 4.90 Å². The van der Waals surface area contributed by atoms with Gasteiger partial charge in [0.05, 0.1) is 20.3 Å². The summed E-state index contributed by atoms with van der Waals surface area (Å²) in [6, 6.07) is 4.92. The van der Waals surface area contributed by atoms with E-state index in [-0.39, 0.29) is 5.75 Å². The van der Waals surface area contributed by atoms with Crippen molar-refractivity contribution in [2.75, 3.05) is 33.4 Å². The highest BCUT2D eigenvalue weighted by molar-refractivity contribution is 5.78. The van der Waals surface area contributed by atoms with Gasteiger partial charge < -0.3 is 19.7 Å². The Morgan fingerprint density at radius 2 is 2.10 bits per heavy atom. The normalized spacial score (nSPS) is 19.0. The molecule has 2 rings (SSSR count). The second kappa shape index (κ2) is 6.32. The van der Waals surface area contributed by atoms with E-state index < -0.39 is 11.5 Å². The van der Waals surface area contributed by atoms with Crippen LogP contribution in [0.3, 0.4) is 0 Å². The van der Waals surface area contributed by atoms with Crippen molar-refractivity contribution in [3.8, 4) is 11.5 Å². The number of hydrogen-bond donors (Lipinski definition) is 2. The molecular weight excluding hydrogens is 274 g/mol. The first-order chi connectivity index (χ1) is 9.97. The number of carbonyl (C=O) groups is 1. The molecule has 6 nitrogen and oxygen atoms in total. The molecule has 1 aliphatic heterocycles. The maximum Gasteiger partial charge on any atom is 0.324 e. The van der Waals surface area contributed by atoms with Gasteiger partial charge in [-0.15, -0.1) is 0 Å². The lowest BCUT2D eigenvalue weighted by Gasteiger charge is -2.40. The van der Waals surface area contributed by atoms with Crippen LogP contribution in [0.15, 0.2) is 18.2 Å². The van der Waals surface area contributed by atoms with Crippen LogP contribution in [0.5, 0.6) is 11.5 Å². The number of hydrogen-bond acceptors (Lipinski definition) is 5. The van der Waals surface area contributed by atoms with Gasteiger partial charge >= 0.3 is 5.97 Å². The molecule has 0 radical (unpaired) electrons. The van der Waals surface area contributed by atoms with Crippen LogP contribution >= 0.6 is 0 Å². The molecule has 0 bridgehead atoms. The molecule has 1 heterocycles. The number of phenols is 1. The molecule has 1 aromatic carbocycles. The Bertz CT molecular complexity index is 513. The molecule has 1 saturated heterocycles. The minimum absolute atomic E-state index is 0.0460. The van der Waals surface area contributed by atoms with Gasteiger partial charge in [-0.25, -0.2) is 0 Å². The van der Waals surface area contributed by atoms with Crippen LogP contribution in [0.25, 0.3) is 0 Å². The fourth-order valence-electron chi connectivity index (χ4n) is 2.61. The predicted octanol–water partition coefficient (Wildman–Crippen LogP) is 1.12. The second-order valence-corrected chi connectivity index (χ2v) is 5.36. The molecule has 6 heteroatoms. The molecule has 21 heavy (non-hydrogen) atoms. The summed E-state index contributed by atoms with van der Waals surface area (Å²) in [5, 5.41) is 19.3. The fourth-order valence-corrected chi connectivity index (χ4v) is 2.61. The Kier molecular flexibility index (Phi) is 4.69. The molecule has 0 aliphatic carbocycles. The van der Waals surface area contributed by atoms with E-state index in [0.717, 1.165) is 5.56 Å². The molecule has 0 saturated carbocycles. The van der Waals surface area contributed by atoms with Crippen LogP contribution in [0.4, 0.5) is 0 Å². The fraction of sp³-hybridized carbons (Fsp3) is 0.533. The van der Waals surface area contributed by atoms with Crippen molar-refractivity contribution in [3.05, 3.63) is 23.8 Å². The zero-order chi connectivity index (χ0) is 15.5. The SMILES string of the molecule is COc1cc(CC(C)(C(=O)O)N2CCOCC2)ccc1O. The lowest BCUT2D eigenvalue weighted by atomic mass is 9.90. The van der Waals surface area contributed by atoms with Crippen LogP contribution in [0.1, 0.15) is 12.5 Å². The smallest absolute Gasteiger partial charge is 0.324 e. The number of aliphatic carboxylic acids is 1. The van der Waals surface area contributed by atoms with Gasteiger partial charge in [0.25, 0.3) is 0 Å². The van der Waals surface area contributed by atoms with Crippen molar-refractivity contribution < 1.29 is 24.5 Å². The molecule has 1 aromatic rings. The van der Waals surface area contributed by atoms with E-state index in [4.69, 9.17) is 9.47 Å². The number of nitrogens with zero attached hydrogens (tertiary/aromatic N) is 1. The molecule has 1 atom stereocenters. The molecule has 0 amide bonds. The average Bonchev–Trinajstić information content (AvgIpc) is 2.49. The molecule has 116 valence electrons. The van der Waals surface area contributed by atoms with Gasteiger partial charge in [0.15, 0.2) is 11.5 Å². The van der Waals surface area contributed by atoms with Gasteiger partial charge in [-0.2, -0.15) is 0 Å². The summed E-state index contributed by atoms with van der Waals surface area (Å²) in [4.78, 5) is 13.7. The number of methoxy groups -OCH3 is 1. The zero-order valence-electron chi connectivity index (χ0n) is 12.3. The van der Waals surface area contributed by atoms with Crippen LogP contribution in [0, 0.1) is 0 Å². The molecular formula is C15H21NO5. The number of carboxylic acid groups (broad SMARTS) is 1. The largest absolute Gasteiger partial charge is 0.504 e. The topological polar surface area (TPSA) is 79.2 Å². The highest BCUT2D eigenvalue weighted by Crippen LogP contribution is 2.30. The summed E-state index contributed by atoms with van der Waals surface area (Å²) in [5.41, 5.74) is -0.202. The summed E-state index contributed by atoms with van der Waals surface area (Å²) in [6.07, 6.45) is 0.332. The summed E-state index contributed by atoms with van der Waals surface area (Å²) >= 11 is 0. The first-order valence-electron chi connectivity index (χ1n) is 6.89. The van der Waals surface area contributed by atoms with E-state index in [2.05, 4.69) is 0 Å². The van der Waals surface area contributed by atoms with Crippen molar-refractivity contribution in [2.45, 2.75) is 18.9 Å². The van der Waals surface area contributed by atoms with Gasteiger partial charge in [-0.3, -0.25) is 9.69 Å². The third-order valence-electron chi connectivity index (χ3n) is 3.96. The van der Waals surface area contributed by atoms with Crippen LogP contribution in [-0.2, 0) is 16.0 Å². The molecule has 1 unspecified atom stereocenters. The number of aromatic hydroxyl groups is 1. The van der Waals surface area contributed by atoms with Crippen LogP contribution < -0.4 is 4.74 Å². The van der Waals surface area contributed by atoms with Gasteiger partial charge in [-0.05, 0) is 24.6 Å². The molecule has 1 fully saturated rings. The average molecular weight is 295 g/mol. The number of rotatable bonds is 5. The predicted molar refractivity (Wildman–Crippen MR) is 76.8 cm³/mol. The quantitative estimate of drug-likeness (QED) is 0.847. The highest BCUT2D eigenvalue weighted by atomic mass is 16.5. The van der Waals surface area contributed by atoms with E-state index in [0.29, 0.717) is 38.5 Å². The lowest BCUT2D eigenvalue weighted by Crippen LogP contribution is -2.57. The summed E-state index contributed by atoms with van der Waals surface area (Å²) in [6.45, 7) is 4.00. The van der Waals surface area contributed by atoms with Crippen molar-refractivity contribution in [1.82, 2.24) is 4.90 Å². The zero-order valence-corrected chi connectivity index (χ0v) is 12.3. The summed E-state index contributed by atoms with van der Waals surface area (Å²) in [5.74, 6) is -0.469. The Hall–Kier alpha value is -1.79. The molecule has 0 aromatic heterocycles. The molecule has 1 aliphatic rings. The Morgan fingerprint density at radius 3 is 2.67 bits per heavy atom. The molecule has 0 spiro atoms. The Balaban J connectivity index is 2.25. The van der Waals surface area contributed by atoms with Crippen LogP contribution in [0.2, 0.25) is 0 Å². The molecule has 2 N–H and O–H groups in total. The number of morpholine rings is 1. The second-order valence-electron chi connectivity index (χ2n) is 5.36. The van der Waals surface area contributed by atoms with Crippen LogP contribution in [-0.4, -0.2) is 60.0 Å². The third-order valence-corrected chi connectivity index (χ3v) is 3.96. The standard InChI is InChI=1S/C15H21NO5/c1-15(14(18)19,16-5-7-21-8-6-16)10-11-3-4-12(17)13(9-11)20-2/h3-4,9,17H,5-8,10H2,1-2H3,(H,18,19).